The van der Waals surface area contributed by atoms with Crippen molar-refractivity contribution in [3.63, 3.8) is 0 Å². The second kappa shape index (κ2) is 6.89. The number of anilines is 3. The first-order valence-electron chi connectivity index (χ1n) is 9.27. The van der Waals surface area contributed by atoms with Crippen LogP contribution in [0.15, 0.2) is 48.8 Å². The van der Waals surface area contributed by atoms with Crippen molar-refractivity contribution in [2.75, 3.05) is 16.8 Å². The van der Waals surface area contributed by atoms with Gasteiger partial charge in [0.1, 0.15) is 11.3 Å². The van der Waals surface area contributed by atoms with Crippen molar-refractivity contribution in [2.24, 2.45) is 0 Å². The first kappa shape index (κ1) is 17.2. The van der Waals surface area contributed by atoms with Gasteiger partial charge in [0, 0.05) is 25.0 Å². The molecule has 5 heterocycles. The summed E-state index contributed by atoms with van der Waals surface area (Å²) in [6, 6.07) is 11.2. The minimum absolute atomic E-state index is 0.000267. The zero-order chi connectivity index (χ0) is 19.8. The maximum atomic E-state index is 11.1. The molecule has 0 bridgehead atoms. The maximum absolute atomic E-state index is 11.1. The summed E-state index contributed by atoms with van der Waals surface area (Å²) in [5.41, 5.74) is 1.73. The quantitative estimate of drug-likeness (QED) is 0.475. The number of carboxylic acids is 1. The fourth-order valence-corrected chi connectivity index (χ4v) is 3.63. The van der Waals surface area contributed by atoms with Gasteiger partial charge in [-0.05, 0) is 37.1 Å². The first-order valence-corrected chi connectivity index (χ1v) is 9.27. The molecule has 1 saturated heterocycles. The molecule has 0 saturated carbocycles. The van der Waals surface area contributed by atoms with Gasteiger partial charge in [0.25, 0.3) is 0 Å². The molecule has 5 rings (SSSR count). The third-order valence-electron chi connectivity index (χ3n) is 4.96. The van der Waals surface area contributed by atoms with E-state index in [9.17, 15) is 4.79 Å². The molecule has 1 atom stereocenters. The van der Waals surface area contributed by atoms with Gasteiger partial charge in [0.15, 0.2) is 5.82 Å². The fraction of sp³-hybridized carbons (Fsp3) is 0.211. The van der Waals surface area contributed by atoms with Gasteiger partial charge in [-0.25, -0.2) is 4.79 Å². The highest BCUT2D eigenvalue weighted by atomic mass is 16.4. The van der Waals surface area contributed by atoms with Crippen molar-refractivity contribution in [2.45, 2.75) is 18.9 Å². The van der Waals surface area contributed by atoms with Crippen LogP contribution in [0.1, 0.15) is 35.1 Å². The van der Waals surface area contributed by atoms with Gasteiger partial charge in [0.2, 0.25) is 11.9 Å². The molecule has 10 heteroatoms. The second-order valence-electron chi connectivity index (χ2n) is 6.79. The molecule has 1 aliphatic rings. The molecule has 0 aliphatic carbocycles. The molecule has 1 aliphatic heterocycles. The summed E-state index contributed by atoms with van der Waals surface area (Å²) < 4.78 is 1.80. The highest BCUT2D eigenvalue weighted by Gasteiger charge is 2.29. The van der Waals surface area contributed by atoms with Crippen LogP contribution in [0, 0.1) is 0 Å². The predicted molar refractivity (Wildman–Crippen MR) is 105 cm³/mol. The molecule has 1 fully saturated rings. The largest absolute Gasteiger partial charge is 0.477 e. The molecular formula is C19H18N8O2. The number of nitrogens with one attached hydrogen (secondary N) is 2. The van der Waals surface area contributed by atoms with E-state index >= 15 is 0 Å². The Morgan fingerprint density at radius 2 is 2.17 bits per heavy atom. The zero-order valence-electron chi connectivity index (χ0n) is 15.4. The lowest BCUT2D eigenvalue weighted by atomic mass is 10.1. The monoisotopic (exact) mass is 390 g/mol. The first-order chi connectivity index (χ1) is 14.2. The Bertz CT molecular complexity index is 1170. The van der Waals surface area contributed by atoms with Gasteiger partial charge in [-0.3, -0.25) is 14.5 Å². The standard InChI is InChI=1S/C19H18N8O2/c28-17(29)13-11-15(25-24-13)21-18-23-19(22-16-7-4-10-27(16)18)26-9-3-6-14(26)12-5-1-2-8-20-12/h1-2,4-5,7-8,10-11,14H,3,6,9H2,(H,28,29)(H2,21,22,23,24,25). The van der Waals surface area contributed by atoms with E-state index in [-0.39, 0.29) is 11.7 Å². The van der Waals surface area contributed by atoms with Crippen molar-refractivity contribution in [1.29, 1.82) is 0 Å². The Morgan fingerprint density at radius 1 is 1.24 bits per heavy atom. The fourth-order valence-electron chi connectivity index (χ4n) is 3.63. The van der Waals surface area contributed by atoms with Crippen LogP contribution in [0.4, 0.5) is 17.7 Å². The van der Waals surface area contributed by atoms with E-state index in [0.29, 0.717) is 17.7 Å². The summed E-state index contributed by atoms with van der Waals surface area (Å²) in [5.74, 6) is 0.394. The van der Waals surface area contributed by atoms with Gasteiger partial charge < -0.3 is 15.3 Å². The van der Waals surface area contributed by atoms with E-state index in [4.69, 9.17) is 15.1 Å². The van der Waals surface area contributed by atoms with Crippen molar-refractivity contribution in [3.05, 3.63) is 60.2 Å². The number of hydrogen-bond donors (Lipinski definition) is 3. The number of hydrogen-bond acceptors (Lipinski definition) is 7. The molecule has 3 N–H and O–H groups in total. The van der Waals surface area contributed by atoms with Crippen LogP contribution in [0.5, 0.6) is 0 Å². The number of H-pyrrole nitrogens is 1. The van der Waals surface area contributed by atoms with E-state index in [1.54, 1.807) is 10.6 Å². The molecule has 0 aromatic carbocycles. The predicted octanol–water partition coefficient (Wildman–Crippen LogP) is 2.63. The number of rotatable bonds is 5. The minimum atomic E-state index is -1.07. The molecule has 0 radical (unpaired) electrons. The summed E-state index contributed by atoms with van der Waals surface area (Å²) in [7, 11) is 0. The number of carboxylic acid groups (broad SMARTS) is 1. The Labute approximate surface area is 165 Å². The average Bonchev–Trinajstić information content (AvgIpc) is 3.48. The summed E-state index contributed by atoms with van der Waals surface area (Å²) in [5, 5.41) is 18.7. The average molecular weight is 390 g/mol. The number of aromatic amines is 1. The topological polar surface area (TPSA) is 124 Å². The van der Waals surface area contributed by atoms with Crippen LogP contribution < -0.4 is 10.2 Å². The second-order valence-corrected chi connectivity index (χ2v) is 6.79. The number of carbonyl (C=O) groups is 1. The SMILES string of the molecule is O=C(O)c1cc(Nc2nc(N3CCCC3c3ccccn3)nc3cccn23)n[nH]1. The van der Waals surface area contributed by atoms with E-state index in [0.717, 1.165) is 30.7 Å². The molecule has 146 valence electrons. The minimum Gasteiger partial charge on any atom is -0.477 e. The molecule has 10 nitrogen and oxygen atoms in total. The molecule has 1 unspecified atom stereocenters. The van der Waals surface area contributed by atoms with E-state index in [2.05, 4.69) is 25.4 Å². The lowest BCUT2D eigenvalue weighted by Crippen LogP contribution is -2.26. The summed E-state index contributed by atoms with van der Waals surface area (Å²) in [6.45, 7) is 0.836. The van der Waals surface area contributed by atoms with Crippen LogP contribution in [-0.4, -0.2) is 47.2 Å². The highest BCUT2D eigenvalue weighted by Crippen LogP contribution is 2.34. The summed E-state index contributed by atoms with van der Waals surface area (Å²) >= 11 is 0. The normalized spacial score (nSPS) is 16.4. The lowest BCUT2D eigenvalue weighted by Gasteiger charge is -2.24. The van der Waals surface area contributed by atoms with Crippen molar-refractivity contribution < 1.29 is 9.90 Å². The van der Waals surface area contributed by atoms with Gasteiger partial charge in [-0.2, -0.15) is 15.1 Å². The van der Waals surface area contributed by atoms with E-state index in [1.807, 2.05) is 36.5 Å². The van der Waals surface area contributed by atoms with Crippen LogP contribution in [0.25, 0.3) is 5.65 Å². The zero-order valence-corrected chi connectivity index (χ0v) is 15.4. The maximum Gasteiger partial charge on any atom is 0.353 e. The van der Waals surface area contributed by atoms with Gasteiger partial charge in [-0.15, -0.1) is 0 Å². The Balaban J connectivity index is 1.52. The Hall–Kier alpha value is -3.95. The molecule has 4 aromatic heterocycles. The molecular weight excluding hydrogens is 372 g/mol. The lowest BCUT2D eigenvalue weighted by molar-refractivity contribution is 0.0690. The number of nitrogens with zero attached hydrogens (tertiary/aromatic N) is 6. The van der Waals surface area contributed by atoms with Gasteiger partial charge >= 0.3 is 5.97 Å². The third-order valence-corrected chi connectivity index (χ3v) is 4.96. The highest BCUT2D eigenvalue weighted by molar-refractivity contribution is 5.86. The summed E-state index contributed by atoms with van der Waals surface area (Å²) in [4.78, 5) is 27.2. The molecule has 4 aromatic rings. The van der Waals surface area contributed by atoms with Crippen molar-refractivity contribution in [1.82, 2.24) is 29.5 Å². The van der Waals surface area contributed by atoms with Gasteiger partial charge in [0.05, 0.1) is 11.7 Å². The number of pyridine rings is 1. The van der Waals surface area contributed by atoms with E-state index in [1.165, 1.54) is 6.07 Å². The molecule has 0 amide bonds. The smallest absolute Gasteiger partial charge is 0.353 e. The van der Waals surface area contributed by atoms with Crippen LogP contribution in [0.2, 0.25) is 0 Å². The Morgan fingerprint density at radius 3 is 2.97 bits per heavy atom. The number of aromatic carboxylic acids is 1. The number of fused-ring (bicyclic) bond motifs is 1. The van der Waals surface area contributed by atoms with Crippen molar-refractivity contribution in [3.8, 4) is 0 Å². The van der Waals surface area contributed by atoms with Crippen molar-refractivity contribution >= 4 is 29.3 Å². The Kier molecular flexibility index (Phi) is 4.08. The van der Waals surface area contributed by atoms with Gasteiger partial charge in [-0.1, -0.05) is 6.07 Å². The third kappa shape index (κ3) is 3.14. The van der Waals surface area contributed by atoms with E-state index < -0.39 is 5.97 Å². The molecule has 0 spiro atoms. The number of aromatic nitrogens is 6. The van der Waals surface area contributed by atoms with Crippen LogP contribution >= 0.6 is 0 Å². The molecule has 29 heavy (non-hydrogen) atoms. The summed E-state index contributed by atoms with van der Waals surface area (Å²) in [6.07, 6.45) is 5.65. The van der Waals surface area contributed by atoms with Crippen LogP contribution in [0.3, 0.4) is 0 Å². The van der Waals surface area contributed by atoms with Crippen LogP contribution in [-0.2, 0) is 0 Å².